The van der Waals surface area contributed by atoms with Gasteiger partial charge in [-0.15, -0.1) is 0 Å². The number of carbonyl (C=O) groups is 1. The van der Waals surface area contributed by atoms with E-state index in [1.54, 1.807) is 0 Å². The number of nitro benzene ring substituents is 1. The minimum atomic E-state index is -0.640. The minimum absolute atomic E-state index is 0.00213. The van der Waals surface area contributed by atoms with E-state index >= 15 is 0 Å². The van der Waals surface area contributed by atoms with Gasteiger partial charge in [-0.25, -0.2) is 0 Å². The van der Waals surface area contributed by atoms with Crippen LogP contribution in [0.2, 0.25) is 0 Å². The molecule has 0 saturated carbocycles. The van der Waals surface area contributed by atoms with Crippen LogP contribution in [0.4, 0.5) is 5.69 Å². The molecule has 0 saturated heterocycles. The Morgan fingerprint density at radius 1 is 1.60 bits per heavy atom. The molecule has 0 atom stereocenters. The molecule has 0 radical (unpaired) electrons. The van der Waals surface area contributed by atoms with Crippen LogP contribution in [-0.4, -0.2) is 16.0 Å². The van der Waals surface area contributed by atoms with Gasteiger partial charge in [0.05, 0.1) is 4.92 Å². The lowest BCUT2D eigenvalue weighted by Gasteiger charge is -2.05. The van der Waals surface area contributed by atoms with Gasteiger partial charge in [0.2, 0.25) is 0 Å². The molecule has 1 aromatic rings. The summed E-state index contributed by atoms with van der Waals surface area (Å²) in [4.78, 5) is 20.5. The molecule has 0 heterocycles. The van der Waals surface area contributed by atoms with Crippen molar-refractivity contribution in [1.29, 1.82) is 0 Å². The smallest absolute Gasteiger partial charge is 0.302 e. The number of hydrogen-bond acceptors (Lipinski definition) is 5. The SMILES string of the molecule is CC(=O)OCc1c(O)cccc1[N+](=O)[O-]. The van der Waals surface area contributed by atoms with Crippen molar-refractivity contribution in [2.24, 2.45) is 0 Å². The number of benzene rings is 1. The van der Waals surface area contributed by atoms with Crippen molar-refractivity contribution < 1.29 is 19.6 Å². The maximum Gasteiger partial charge on any atom is 0.302 e. The highest BCUT2D eigenvalue weighted by Gasteiger charge is 2.17. The maximum atomic E-state index is 10.6. The molecule has 0 amide bonds. The topological polar surface area (TPSA) is 89.7 Å². The van der Waals surface area contributed by atoms with E-state index in [9.17, 15) is 20.0 Å². The van der Waals surface area contributed by atoms with Gasteiger partial charge in [0.15, 0.2) is 0 Å². The number of hydrogen-bond donors (Lipinski definition) is 1. The van der Waals surface area contributed by atoms with Gasteiger partial charge < -0.3 is 9.84 Å². The summed E-state index contributed by atoms with van der Waals surface area (Å²) in [5.74, 6) is -0.821. The number of carbonyl (C=O) groups excluding carboxylic acids is 1. The Kier molecular flexibility index (Phi) is 3.22. The lowest BCUT2D eigenvalue weighted by Crippen LogP contribution is -2.02. The average Bonchev–Trinajstić information content (AvgIpc) is 2.15. The second-order valence-electron chi connectivity index (χ2n) is 2.81. The molecule has 6 nitrogen and oxygen atoms in total. The summed E-state index contributed by atoms with van der Waals surface area (Å²) in [6.07, 6.45) is 0. The fourth-order valence-corrected chi connectivity index (χ4v) is 1.06. The molecule has 1 aromatic carbocycles. The van der Waals surface area contributed by atoms with Crippen LogP contribution in [0.3, 0.4) is 0 Å². The Bertz CT molecular complexity index is 401. The monoisotopic (exact) mass is 211 g/mol. The third-order valence-electron chi connectivity index (χ3n) is 1.74. The van der Waals surface area contributed by atoms with E-state index in [0.29, 0.717) is 0 Å². The van der Waals surface area contributed by atoms with Crippen molar-refractivity contribution in [2.45, 2.75) is 13.5 Å². The van der Waals surface area contributed by atoms with E-state index in [-0.39, 0.29) is 23.6 Å². The van der Waals surface area contributed by atoms with Gasteiger partial charge in [-0.05, 0) is 6.07 Å². The van der Waals surface area contributed by atoms with Crippen LogP contribution in [-0.2, 0) is 16.1 Å². The summed E-state index contributed by atoms with van der Waals surface area (Å²) in [7, 11) is 0. The van der Waals surface area contributed by atoms with Crippen LogP contribution in [0.5, 0.6) is 5.75 Å². The predicted octanol–water partition coefficient (Wildman–Crippen LogP) is 1.36. The van der Waals surface area contributed by atoms with Gasteiger partial charge in [-0.3, -0.25) is 14.9 Å². The second kappa shape index (κ2) is 4.41. The Balaban J connectivity index is 3.02. The number of phenolic OH excluding ortho intramolecular Hbond substituents is 1. The summed E-state index contributed by atoms with van der Waals surface area (Å²) in [6.45, 7) is 0.879. The van der Waals surface area contributed by atoms with Gasteiger partial charge in [-0.1, -0.05) is 6.07 Å². The normalized spacial score (nSPS) is 9.67. The van der Waals surface area contributed by atoms with Crippen LogP contribution in [0.15, 0.2) is 18.2 Å². The Morgan fingerprint density at radius 2 is 2.27 bits per heavy atom. The van der Waals surface area contributed by atoms with Crippen LogP contribution >= 0.6 is 0 Å². The van der Waals surface area contributed by atoms with E-state index in [0.717, 1.165) is 0 Å². The van der Waals surface area contributed by atoms with Crippen molar-refractivity contribution in [3.05, 3.63) is 33.9 Å². The molecule has 0 spiro atoms. The first kappa shape index (κ1) is 11.0. The molecule has 80 valence electrons. The molecule has 1 rings (SSSR count). The van der Waals surface area contributed by atoms with Crippen molar-refractivity contribution in [2.75, 3.05) is 0 Å². The standard InChI is InChI=1S/C9H9NO5/c1-6(11)15-5-7-8(10(13)14)3-2-4-9(7)12/h2-4,12H,5H2,1H3. The predicted molar refractivity (Wildman–Crippen MR) is 50.2 cm³/mol. The van der Waals surface area contributed by atoms with E-state index in [1.165, 1.54) is 25.1 Å². The highest BCUT2D eigenvalue weighted by Crippen LogP contribution is 2.27. The van der Waals surface area contributed by atoms with Crippen LogP contribution in [0.25, 0.3) is 0 Å². The number of rotatable bonds is 3. The van der Waals surface area contributed by atoms with Crippen molar-refractivity contribution in [1.82, 2.24) is 0 Å². The number of nitrogens with zero attached hydrogens (tertiary/aromatic N) is 1. The largest absolute Gasteiger partial charge is 0.507 e. The van der Waals surface area contributed by atoms with E-state index in [2.05, 4.69) is 4.74 Å². The molecule has 0 aliphatic carbocycles. The molecule has 15 heavy (non-hydrogen) atoms. The van der Waals surface area contributed by atoms with Gasteiger partial charge in [-0.2, -0.15) is 0 Å². The third kappa shape index (κ3) is 2.67. The summed E-state index contributed by atoms with van der Waals surface area (Å²) in [5, 5.41) is 19.9. The molecular formula is C9H9NO5. The van der Waals surface area contributed by atoms with Gasteiger partial charge in [0.1, 0.15) is 17.9 Å². The van der Waals surface area contributed by atoms with Crippen LogP contribution in [0.1, 0.15) is 12.5 Å². The van der Waals surface area contributed by atoms with Gasteiger partial charge in [0.25, 0.3) is 5.69 Å². The zero-order chi connectivity index (χ0) is 11.4. The lowest BCUT2D eigenvalue weighted by atomic mass is 10.1. The zero-order valence-corrected chi connectivity index (χ0v) is 7.97. The molecule has 6 heteroatoms. The zero-order valence-electron chi connectivity index (χ0n) is 7.97. The first-order valence-electron chi connectivity index (χ1n) is 4.11. The van der Waals surface area contributed by atoms with Gasteiger partial charge in [0, 0.05) is 13.0 Å². The molecule has 1 N–H and O–H groups in total. The number of aromatic hydroxyl groups is 1. The molecule has 0 unspecified atom stereocenters. The van der Waals surface area contributed by atoms with Crippen molar-refractivity contribution in [3.8, 4) is 5.75 Å². The van der Waals surface area contributed by atoms with Gasteiger partial charge >= 0.3 is 5.97 Å². The molecule has 0 aliphatic heterocycles. The van der Waals surface area contributed by atoms with Crippen LogP contribution < -0.4 is 0 Å². The fourth-order valence-electron chi connectivity index (χ4n) is 1.06. The molecular weight excluding hydrogens is 202 g/mol. The first-order valence-corrected chi connectivity index (χ1v) is 4.11. The Morgan fingerprint density at radius 3 is 2.80 bits per heavy atom. The first-order chi connectivity index (χ1) is 7.02. The number of ether oxygens (including phenoxy) is 1. The van der Waals surface area contributed by atoms with E-state index < -0.39 is 10.9 Å². The molecule has 0 fully saturated rings. The maximum absolute atomic E-state index is 10.6. The molecule has 0 aliphatic rings. The van der Waals surface area contributed by atoms with E-state index in [1.807, 2.05) is 0 Å². The number of nitro groups is 1. The summed E-state index contributed by atoms with van der Waals surface area (Å²) >= 11 is 0. The highest BCUT2D eigenvalue weighted by molar-refractivity contribution is 5.66. The molecule has 0 aromatic heterocycles. The Hall–Kier alpha value is -2.11. The highest BCUT2D eigenvalue weighted by atomic mass is 16.6. The number of phenols is 1. The summed E-state index contributed by atoms with van der Waals surface area (Å²) in [5.41, 5.74) is -0.269. The fraction of sp³-hybridized carbons (Fsp3) is 0.222. The van der Waals surface area contributed by atoms with Crippen molar-refractivity contribution in [3.63, 3.8) is 0 Å². The molecule has 0 bridgehead atoms. The second-order valence-corrected chi connectivity index (χ2v) is 2.81. The minimum Gasteiger partial charge on any atom is -0.507 e. The quantitative estimate of drug-likeness (QED) is 0.463. The lowest BCUT2D eigenvalue weighted by molar-refractivity contribution is -0.385. The Labute approximate surface area is 85.2 Å². The average molecular weight is 211 g/mol. The van der Waals surface area contributed by atoms with Crippen LogP contribution in [0, 0.1) is 10.1 Å². The third-order valence-corrected chi connectivity index (χ3v) is 1.74. The van der Waals surface area contributed by atoms with E-state index in [4.69, 9.17) is 0 Å². The summed E-state index contributed by atoms with van der Waals surface area (Å²) in [6, 6.07) is 3.88. The summed E-state index contributed by atoms with van der Waals surface area (Å²) < 4.78 is 4.60. The van der Waals surface area contributed by atoms with Crippen molar-refractivity contribution >= 4 is 11.7 Å². The number of esters is 1.